The number of allylic oxidation sites excluding steroid dienone is 1. The number of aromatic nitrogens is 1. The molecule has 2 N–H and O–H groups in total. The number of aromatic amines is 1. The molecule has 0 bridgehead atoms. The van der Waals surface area contributed by atoms with Crippen molar-refractivity contribution in [2.45, 2.75) is 44.7 Å². The molecule has 5 rings (SSSR count). The van der Waals surface area contributed by atoms with Crippen LogP contribution in [0.15, 0.2) is 35.7 Å². The van der Waals surface area contributed by atoms with Crippen LogP contribution in [-0.4, -0.2) is 38.3 Å². The van der Waals surface area contributed by atoms with Gasteiger partial charge in [0.2, 0.25) is 0 Å². The molecule has 1 aromatic heterocycles. The average molecular weight is 336 g/mol. The van der Waals surface area contributed by atoms with Crippen LogP contribution in [0.4, 0.5) is 0 Å². The Labute approximate surface area is 145 Å². The molecule has 3 heterocycles. The Kier molecular flexibility index (Phi) is 2.56. The highest BCUT2D eigenvalue weighted by Crippen LogP contribution is 2.57. The number of nitrogens with zero attached hydrogens (tertiary/aromatic N) is 1. The van der Waals surface area contributed by atoms with E-state index in [4.69, 9.17) is 0 Å². The molecule has 5 nitrogen and oxygen atoms in total. The van der Waals surface area contributed by atoms with Crippen molar-refractivity contribution >= 4 is 22.6 Å². The van der Waals surface area contributed by atoms with Crippen LogP contribution >= 0.6 is 0 Å². The number of fused-ring (bicyclic) bond motifs is 4. The van der Waals surface area contributed by atoms with E-state index in [0.717, 1.165) is 17.5 Å². The summed E-state index contributed by atoms with van der Waals surface area (Å²) in [5.41, 5.74) is 2.99. The number of rotatable bonds is 0. The van der Waals surface area contributed by atoms with Crippen LogP contribution in [0.2, 0.25) is 0 Å². The van der Waals surface area contributed by atoms with Gasteiger partial charge in [0.05, 0.1) is 0 Å². The van der Waals surface area contributed by atoms with Crippen LogP contribution in [0.5, 0.6) is 0 Å². The largest absolute Gasteiger partial charge is 0.512 e. The summed E-state index contributed by atoms with van der Waals surface area (Å²) in [4.78, 5) is 31.0. The molecule has 2 aliphatic heterocycles. The Bertz CT molecular complexity index is 994. The molecular weight excluding hydrogens is 316 g/mol. The summed E-state index contributed by atoms with van der Waals surface area (Å²) in [6.45, 7) is 5.51. The van der Waals surface area contributed by atoms with Crippen LogP contribution < -0.4 is 0 Å². The predicted octanol–water partition coefficient (Wildman–Crippen LogP) is 2.83. The van der Waals surface area contributed by atoms with Crippen molar-refractivity contribution in [3.05, 3.63) is 46.9 Å². The number of aliphatic hydroxyl groups is 1. The third kappa shape index (κ3) is 1.54. The Balaban J connectivity index is 1.78. The molecular formula is C20H20N2O3. The van der Waals surface area contributed by atoms with Gasteiger partial charge in [-0.15, -0.1) is 0 Å². The lowest BCUT2D eigenvalue weighted by Gasteiger charge is -2.37. The van der Waals surface area contributed by atoms with Gasteiger partial charge in [-0.1, -0.05) is 12.1 Å². The second kappa shape index (κ2) is 4.34. The Morgan fingerprint density at radius 3 is 2.80 bits per heavy atom. The van der Waals surface area contributed by atoms with E-state index in [-0.39, 0.29) is 34.9 Å². The van der Waals surface area contributed by atoms with Crippen LogP contribution in [-0.2, 0) is 16.0 Å². The quantitative estimate of drug-likeness (QED) is 0.441. The van der Waals surface area contributed by atoms with Gasteiger partial charge in [-0.05, 0) is 50.3 Å². The zero-order chi connectivity index (χ0) is 17.7. The number of ketones is 1. The molecule has 2 aromatic rings. The smallest absolute Gasteiger partial charge is 0.262 e. The Morgan fingerprint density at radius 2 is 2.08 bits per heavy atom. The molecule has 25 heavy (non-hydrogen) atoms. The number of hydrogen-bond acceptors (Lipinski definition) is 3. The number of H-pyrrole nitrogens is 1. The number of hydrogen-bond donors (Lipinski definition) is 2. The lowest BCUT2D eigenvalue weighted by Crippen LogP contribution is -2.46. The second-order valence-corrected chi connectivity index (χ2v) is 8.02. The summed E-state index contributed by atoms with van der Waals surface area (Å²) in [5, 5.41) is 11.1. The molecule has 2 fully saturated rings. The summed E-state index contributed by atoms with van der Waals surface area (Å²) < 4.78 is 0. The van der Waals surface area contributed by atoms with Gasteiger partial charge < -0.3 is 15.0 Å². The van der Waals surface area contributed by atoms with Crippen molar-refractivity contribution in [2.75, 3.05) is 0 Å². The molecule has 0 spiro atoms. The van der Waals surface area contributed by atoms with Crippen molar-refractivity contribution in [1.29, 1.82) is 0 Å². The SMILES string of the molecule is C/C(O)=C1/C(=O)[C@@H]2[C@@H]3c4c[nH]c5cccc(c45)C[C@@H]3C(C)(C)N2C1=O. The first kappa shape index (κ1) is 14.8. The molecule has 2 saturated heterocycles. The number of aliphatic hydroxyl groups excluding tert-OH is 1. The molecule has 3 atom stereocenters. The second-order valence-electron chi connectivity index (χ2n) is 8.02. The van der Waals surface area contributed by atoms with Crippen molar-refractivity contribution in [1.82, 2.24) is 9.88 Å². The fourth-order valence-corrected chi connectivity index (χ4v) is 5.45. The molecule has 0 radical (unpaired) electrons. The number of carbonyl (C=O) groups is 2. The van der Waals surface area contributed by atoms with Gasteiger partial charge in [0.1, 0.15) is 17.4 Å². The lowest BCUT2D eigenvalue weighted by atomic mass is 9.69. The van der Waals surface area contributed by atoms with Crippen molar-refractivity contribution in [2.24, 2.45) is 5.92 Å². The van der Waals surface area contributed by atoms with Crippen molar-refractivity contribution in [3.8, 4) is 0 Å². The van der Waals surface area contributed by atoms with Crippen LogP contribution in [0.1, 0.15) is 37.8 Å². The normalized spacial score (nSPS) is 31.5. The van der Waals surface area contributed by atoms with Gasteiger partial charge in [-0.3, -0.25) is 9.59 Å². The summed E-state index contributed by atoms with van der Waals surface area (Å²) in [6.07, 6.45) is 2.85. The predicted molar refractivity (Wildman–Crippen MR) is 93.3 cm³/mol. The highest BCUT2D eigenvalue weighted by atomic mass is 16.3. The van der Waals surface area contributed by atoms with Gasteiger partial charge in [0, 0.05) is 28.6 Å². The number of nitrogens with one attached hydrogen (secondary N) is 1. The molecule has 3 aliphatic rings. The van der Waals surface area contributed by atoms with Gasteiger partial charge in [0.15, 0.2) is 5.78 Å². The van der Waals surface area contributed by atoms with E-state index in [2.05, 4.69) is 11.1 Å². The molecule has 1 aliphatic carbocycles. The summed E-state index contributed by atoms with van der Waals surface area (Å²) in [6, 6.07) is 5.72. The summed E-state index contributed by atoms with van der Waals surface area (Å²) in [5.74, 6) is -0.594. The minimum atomic E-state index is -0.517. The average Bonchev–Trinajstić information content (AvgIpc) is 3.14. The first-order valence-corrected chi connectivity index (χ1v) is 8.70. The minimum absolute atomic E-state index is 0.0352. The third-order valence-corrected chi connectivity index (χ3v) is 6.51. The van der Waals surface area contributed by atoms with Crippen LogP contribution in [0.3, 0.4) is 0 Å². The first-order chi connectivity index (χ1) is 11.8. The van der Waals surface area contributed by atoms with Gasteiger partial charge in [-0.25, -0.2) is 0 Å². The number of amides is 1. The van der Waals surface area contributed by atoms with E-state index in [1.165, 1.54) is 17.9 Å². The van der Waals surface area contributed by atoms with Gasteiger partial charge >= 0.3 is 0 Å². The minimum Gasteiger partial charge on any atom is -0.512 e. The van der Waals surface area contributed by atoms with Gasteiger partial charge in [0.25, 0.3) is 5.91 Å². The van der Waals surface area contributed by atoms with E-state index >= 15 is 0 Å². The fraction of sp³-hybridized carbons (Fsp3) is 0.400. The number of Topliss-reactive ketones (excluding diaryl/α,β-unsaturated/α-hetero) is 1. The number of carbonyl (C=O) groups excluding carboxylic acids is 2. The topological polar surface area (TPSA) is 73.4 Å². The fourth-order valence-electron chi connectivity index (χ4n) is 5.45. The zero-order valence-corrected chi connectivity index (χ0v) is 14.5. The van der Waals surface area contributed by atoms with E-state index in [0.29, 0.717) is 0 Å². The van der Waals surface area contributed by atoms with E-state index in [1.54, 1.807) is 4.90 Å². The molecule has 1 amide bonds. The standard InChI is InChI=1S/C20H20N2O3/c1-9(23)14-18(24)17-16-11-8-21-13-6-4-5-10(15(11)13)7-12(16)20(2,3)22(17)19(14)25/h4-6,8,12,16-17,21,23H,7H2,1-3H3/b14-9+/t12-,16+,17-/m0/s1. The van der Waals surface area contributed by atoms with Crippen molar-refractivity contribution in [3.63, 3.8) is 0 Å². The monoisotopic (exact) mass is 336 g/mol. The van der Waals surface area contributed by atoms with E-state index in [9.17, 15) is 14.7 Å². The van der Waals surface area contributed by atoms with Crippen molar-refractivity contribution < 1.29 is 14.7 Å². The number of benzene rings is 1. The highest BCUT2D eigenvalue weighted by Gasteiger charge is 2.64. The maximum absolute atomic E-state index is 13.0. The molecule has 0 unspecified atom stereocenters. The highest BCUT2D eigenvalue weighted by molar-refractivity contribution is 6.27. The first-order valence-electron chi connectivity index (χ1n) is 8.70. The maximum Gasteiger partial charge on any atom is 0.262 e. The Morgan fingerprint density at radius 1 is 1.32 bits per heavy atom. The lowest BCUT2D eigenvalue weighted by molar-refractivity contribution is -0.130. The molecule has 1 aromatic carbocycles. The van der Waals surface area contributed by atoms with Crippen LogP contribution in [0, 0.1) is 5.92 Å². The molecule has 5 heteroatoms. The zero-order valence-electron chi connectivity index (χ0n) is 14.5. The van der Waals surface area contributed by atoms with E-state index < -0.39 is 11.6 Å². The summed E-state index contributed by atoms with van der Waals surface area (Å²) in [7, 11) is 0. The van der Waals surface area contributed by atoms with Crippen LogP contribution in [0.25, 0.3) is 10.9 Å². The maximum atomic E-state index is 13.0. The third-order valence-electron chi connectivity index (χ3n) is 6.51. The molecule has 0 saturated carbocycles. The Hall–Kier alpha value is -2.56. The van der Waals surface area contributed by atoms with Gasteiger partial charge in [-0.2, -0.15) is 0 Å². The van der Waals surface area contributed by atoms with E-state index in [1.807, 2.05) is 32.2 Å². The summed E-state index contributed by atoms with van der Waals surface area (Å²) >= 11 is 0. The molecule has 128 valence electrons.